The van der Waals surface area contributed by atoms with E-state index in [1.165, 1.54) is 0 Å². The van der Waals surface area contributed by atoms with E-state index in [1.54, 1.807) is 25.1 Å². The van der Waals surface area contributed by atoms with E-state index in [9.17, 15) is 9.90 Å². The number of aryl methyl sites for hydroxylation is 3. The largest absolute Gasteiger partial charge is 0.507 e. The van der Waals surface area contributed by atoms with Crippen molar-refractivity contribution in [2.24, 2.45) is 0 Å². The Bertz CT molecular complexity index is 633. The summed E-state index contributed by atoms with van der Waals surface area (Å²) in [7, 11) is 0. The standard InChI is InChI=1S/C16H17NO2/c1-10-7-8-14(12(3)9-10)17-16(19)13-6-4-5-11(2)15(13)18/h4-9,18H,1-3H3,(H,17,19). The zero-order valence-electron chi connectivity index (χ0n) is 11.3. The molecule has 0 aliphatic carbocycles. The van der Waals surface area contributed by atoms with Crippen LogP contribution < -0.4 is 5.32 Å². The van der Waals surface area contributed by atoms with Crippen molar-refractivity contribution in [3.63, 3.8) is 0 Å². The minimum atomic E-state index is -0.298. The fraction of sp³-hybridized carbons (Fsp3) is 0.188. The second-order valence-electron chi connectivity index (χ2n) is 4.74. The number of para-hydroxylation sites is 1. The third-order valence-corrected chi connectivity index (χ3v) is 3.11. The Labute approximate surface area is 112 Å². The molecule has 0 aliphatic heterocycles. The first kappa shape index (κ1) is 13.1. The van der Waals surface area contributed by atoms with Crippen LogP contribution in [-0.2, 0) is 0 Å². The molecule has 3 heteroatoms. The van der Waals surface area contributed by atoms with Crippen LogP contribution in [0.2, 0.25) is 0 Å². The SMILES string of the molecule is Cc1ccc(NC(=O)c2cccc(C)c2O)c(C)c1. The summed E-state index contributed by atoms with van der Waals surface area (Å²) in [5, 5.41) is 12.7. The van der Waals surface area contributed by atoms with E-state index in [2.05, 4.69) is 5.32 Å². The highest BCUT2D eigenvalue weighted by Crippen LogP contribution is 2.23. The Kier molecular flexibility index (Phi) is 3.56. The molecule has 0 radical (unpaired) electrons. The molecule has 98 valence electrons. The molecule has 3 nitrogen and oxygen atoms in total. The van der Waals surface area contributed by atoms with E-state index in [1.807, 2.05) is 32.0 Å². The van der Waals surface area contributed by atoms with Gasteiger partial charge in [-0.3, -0.25) is 4.79 Å². The maximum Gasteiger partial charge on any atom is 0.259 e. The van der Waals surface area contributed by atoms with Crippen LogP contribution in [0.25, 0.3) is 0 Å². The fourth-order valence-corrected chi connectivity index (χ4v) is 1.99. The van der Waals surface area contributed by atoms with Gasteiger partial charge in [-0.05, 0) is 44.0 Å². The van der Waals surface area contributed by atoms with Gasteiger partial charge in [0.2, 0.25) is 0 Å². The highest BCUT2D eigenvalue weighted by atomic mass is 16.3. The number of hydrogen-bond acceptors (Lipinski definition) is 2. The Balaban J connectivity index is 2.28. The van der Waals surface area contributed by atoms with Gasteiger partial charge in [-0.2, -0.15) is 0 Å². The molecule has 0 saturated carbocycles. The van der Waals surface area contributed by atoms with Gasteiger partial charge in [0.1, 0.15) is 5.75 Å². The number of nitrogens with one attached hydrogen (secondary N) is 1. The van der Waals surface area contributed by atoms with Crippen LogP contribution in [0.15, 0.2) is 36.4 Å². The van der Waals surface area contributed by atoms with Crippen molar-refractivity contribution in [1.82, 2.24) is 0 Å². The molecule has 0 atom stereocenters. The monoisotopic (exact) mass is 255 g/mol. The van der Waals surface area contributed by atoms with E-state index in [0.717, 1.165) is 16.8 Å². The summed E-state index contributed by atoms with van der Waals surface area (Å²) in [5.41, 5.74) is 3.89. The Morgan fingerprint density at radius 1 is 1.05 bits per heavy atom. The van der Waals surface area contributed by atoms with Crippen molar-refractivity contribution in [3.8, 4) is 5.75 Å². The predicted molar refractivity (Wildman–Crippen MR) is 76.7 cm³/mol. The highest BCUT2D eigenvalue weighted by molar-refractivity contribution is 6.06. The normalized spacial score (nSPS) is 10.3. The lowest BCUT2D eigenvalue weighted by Gasteiger charge is -2.11. The molecule has 0 heterocycles. The zero-order valence-corrected chi connectivity index (χ0v) is 11.3. The van der Waals surface area contributed by atoms with Crippen LogP contribution in [0.3, 0.4) is 0 Å². The second-order valence-corrected chi connectivity index (χ2v) is 4.74. The summed E-state index contributed by atoms with van der Waals surface area (Å²) < 4.78 is 0. The van der Waals surface area contributed by atoms with E-state index < -0.39 is 0 Å². The van der Waals surface area contributed by atoms with Gasteiger partial charge in [0.25, 0.3) is 5.91 Å². The molecule has 0 aromatic heterocycles. The number of carbonyl (C=O) groups is 1. The Morgan fingerprint density at radius 2 is 1.79 bits per heavy atom. The number of anilines is 1. The van der Waals surface area contributed by atoms with E-state index in [0.29, 0.717) is 11.1 Å². The Hall–Kier alpha value is -2.29. The van der Waals surface area contributed by atoms with Crippen molar-refractivity contribution in [1.29, 1.82) is 0 Å². The van der Waals surface area contributed by atoms with Gasteiger partial charge in [0.05, 0.1) is 5.56 Å². The van der Waals surface area contributed by atoms with Gasteiger partial charge in [0.15, 0.2) is 0 Å². The molecule has 2 rings (SSSR count). The summed E-state index contributed by atoms with van der Waals surface area (Å²) in [6.07, 6.45) is 0. The van der Waals surface area contributed by atoms with Gasteiger partial charge in [-0.15, -0.1) is 0 Å². The van der Waals surface area contributed by atoms with Crippen LogP contribution in [-0.4, -0.2) is 11.0 Å². The minimum absolute atomic E-state index is 0.0322. The van der Waals surface area contributed by atoms with Crippen molar-refractivity contribution in [2.45, 2.75) is 20.8 Å². The van der Waals surface area contributed by atoms with Gasteiger partial charge in [-0.1, -0.05) is 29.8 Å². The maximum atomic E-state index is 12.2. The molecule has 0 fully saturated rings. The first-order chi connectivity index (χ1) is 8.99. The molecule has 2 aromatic rings. The van der Waals surface area contributed by atoms with Gasteiger partial charge in [0, 0.05) is 5.69 Å². The molecule has 1 amide bonds. The number of phenolic OH excluding ortho intramolecular Hbond substituents is 1. The predicted octanol–water partition coefficient (Wildman–Crippen LogP) is 3.57. The molecule has 0 spiro atoms. The lowest BCUT2D eigenvalue weighted by Crippen LogP contribution is -2.13. The van der Waals surface area contributed by atoms with E-state index >= 15 is 0 Å². The number of phenols is 1. The van der Waals surface area contributed by atoms with Crippen LogP contribution >= 0.6 is 0 Å². The topological polar surface area (TPSA) is 49.3 Å². The average Bonchev–Trinajstić information content (AvgIpc) is 2.36. The van der Waals surface area contributed by atoms with Crippen LogP contribution in [0.4, 0.5) is 5.69 Å². The van der Waals surface area contributed by atoms with Crippen LogP contribution in [0, 0.1) is 20.8 Å². The fourth-order valence-electron chi connectivity index (χ4n) is 1.99. The van der Waals surface area contributed by atoms with E-state index in [4.69, 9.17) is 0 Å². The van der Waals surface area contributed by atoms with Gasteiger partial charge >= 0.3 is 0 Å². The number of aromatic hydroxyl groups is 1. The third-order valence-electron chi connectivity index (χ3n) is 3.11. The van der Waals surface area contributed by atoms with Crippen molar-refractivity contribution < 1.29 is 9.90 Å². The summed E-state index contributed by atoms with van der Waals surface area (Å²) in [6, 6.07) is 11.0. The molecule has 0 unspecified atom stereocenters. The number of carbonyl (C=O) groups excluding carboxylic acids is 1. The van der Waals surface area contributed by atoms with Gasteiger partial charge < -0.3 is 10.4 Å². The highest BCUT2D eigenvalue weighted by Gasteiger charge is 2.13. The molecule has 0 bridgehead atoms. The zero-order chi connectivity index (χ0) is 14.0. The van der Waals surface area contributed by atoms with Crippen molar-refractivity contribution in [2.75, 3.05) is 5.32 Å². The second kappa shape index (κ2) is 5.14. The average molecular weight is 255 g/mol. The minimum Gasteiger partial charge on any atom is -0.507 e. The number of hydrogen-bond donors (Lipinski definition) is 2. The first-order valence-electron chi connectivity index (χ1n) is 6.16. The molecule has 0 aliphatic rings. The quantitative estimate of drug-likeness (QED) is 0.861. The molecular weight excluding hydrogens is 238 g/mol. The number of rotatable bonds is 2. The lowest BCUT2D eigenvalue weighted by molar-refractivity contribution is 0.102. The maximum absolute atomic E-state index is 12.2. The van der Waals surface area contributed by atoms with Crippen LogP contribution in [0.5, 0.6) is 5.75 Å². The molecule has 0 saturated heterocycles. The number of benzene rings is 2. The van der Waals surface area contributed by atoms with Crippen LogP contribution in [0.1, 0.15) is 27.0 Å². The van der Waals surface area contributed by atoms with Crippen molar-refractivity contribution in [3.05, 3.63) is 58.7 Å². The molecule has 19 heavy (non-hydrogen) atoms. The first-order valence-corrected chi connectivity index (χ1v) is 6.16. The molecule has 2 aromatic carbocycles. The Morgan fingerprint density at radius 3 is 2.47 bits per heavy atom. The summed E-state index contributed by atoms with van der Waals surface area (Å²) >= 11 is 0. The lowest BCUT2D eigenvalue weighted by atomic mass is 10.1. The van der Waals surface area contributed by atoms with Crippen molar-refractivity contribution >= 4 is 11.6 Å². The number of amides is 1. The molecular formula is C16H17NO2. The summed E-state index contributed by atoms with van der Waals surface area (Å²) in [4.78, 5) is 12.2. The summed E-state index contributed by atoms with van der Waals surface area (Å²) in [5.74, 6) is -0.266. The molecule has 2 N–H and O–H groups in total. The van der Waals surface area contributed by atoms with Gasteiger partial charge in [-0.25, -0.2) is 0 Å². The summed E-state index contributed by atoms with van der Waals surface area (Å²) in [6.45, 7) is 5.72. The van der Waals surface area contributed by atoms with E-state index in [-0.39, 0.29) is 11.7 Å². The third kappa shape index (κ3) is 2.76. The smallest absolute Gasteiger partial charge is 0.259 e.